The van der Waals surface area contributed by atoms with Crippen LogP contribution < -0.4 is 4.72 Å². The highest BCUT2D eigenvalue weighted by Gasteiger charge is 2.32. The molecule has 0 aromatic heterocycles. The summed E-state index contributed by atoms with van der Waals surface area (Å²) in [6.07, 6.45) is 2.17. The molecule has 1 aliphatic rings. The molecule has 0 spiro atoms. The van der Waals surface area contributed by atoms with E-state index in [0.29, 0.717) is 13.0 Å². The average molecular weight is 323 g/mol. The van der Waals surface area contributed by atoms with Crippen LogP contribution in [0.1, 0.15) is 19.3 Å². The number of aliphatic hydroxyl groups is 1. The van der Waals surface area contributed by atoms with Crippen molar-refractivity contribution in [3.63, 3.8) is 0 Å². The van der Waals surface area contributed by atoms with Crippen LogP contribution in [0.3, 0.4) is 0 Å². The van der Waals surface area contributed by atoms with Gasteiger partial charge in [0, 0.05) is 12.6 Å². The zero-order valence-electron chi connectivity index (χ0n) is 10.7. The van der Waals surface area contributed by atoms with Crippen LogP contribution in [0.4, 0.5) is 10.1 Å². The van der Waals surface area contributed by atoms with Crippen molar-refractivity contribution in [2.75, 3.05) is 17.9 Å². The van der Waals surface area contributed by atoms with Gasteiger partial charge in [0.1, 0.15) is 0 Å². The van der Waals surface area contributed by atoms with Crippen molar-refractivity contribution in [3.8, 4) is 0 Å². The van der Waals surface area contributed by atoms with E-state index < -0.39 is 22.1 Å². The van der Waals surface area contributed by atoms with Crippen LogP contribution in [-0.2, 0) is 10.2 Å². The Morgan fingerprint density at radius 3 is 2.90 bits per heavy atom. The minimum atomic E-state index is -3.91. The molecule has 112 valence electrons. The predicted octanol–water partition coefficient (Wildman–Crippen LogP) is 1.98. The van der Waals surface area contributed by atoms with E-state index in [1.165, 1.54) is 22.5 Å². The summed E-state index contributed by atoms with van der Waals surface area (Å²) in [5, 5.41) is 9.11. The summed E-state index contributed by atoms with van der Waals surface area (Å²) in [5.41, 5.74) is -0.195. The topological polar surface area (TPSA) is 69.6 Å². The van der Waals surface area contributed by atoms with Crippen molar-refractivity contribution in [1.82, 2.24) is 4.31 Å². The van der Waals surface area contributed by atoms with E-state index >= 15 is 0 Å². The molecule has 2 rings (SSSR count). The summed E-state index contributed by atoms with van der Waals surface area (Å²) < 4.78 is 41.7. The van der Waals surface area contributed by atoms with E-state index in [2.05, 4.69) is 4.72 Å². The van der Waals surface area contributed by atoms with E-state index in [0.717, 1.165) is 12.8 Å². The van der Waals surface area contributed by atoms with Gasteiger partial charge < -0.3 is 5.11 Å². The zero-order chi connectivity index (χ0) is 14.8. The number of hydrogen-bond donors (Lipinski definition) is 2. The van der Waals surface area contributed by atoms with Crippen LogP contribution in [-0.4, -0.2) is 37.0 Å². The van der Waals surface area contributed by atoms with E-state index in [9.17, 15) is 17.9 Å². The quantitative estimate of drug-likeness (QED) is 0.890. The van der Waals surface area contributed by atoms with Crippen LogP contribution in [0.5, 0.6) is 0 Å². The van der Waals surface area contributed by atoms with Gasteiger partial charge in [-0.25, -0.2) is 4.39 Å². The molecule has 0 amide bonds. The van der Waals surface area contributed by atoms with Gasteiger partial charge in [-0.2, -0.15) is 12.7 Å². The predicted molar refractivity (Wildman–Crippen MR) is 75.4 cm³/mol. The lowest BCUT2D eigenvalue weighted by molar-refractivity contribution is 0.156. The molecule has 0 radical (unpaired) electrons. The van der Waals surface area contributed by atoms with Crippen molar-refractivity contribution in [1.29, 1.82) is 0 Å². The maximum Gasteiger partial charge on any atom is 0.302 e. The van der Waals surface area contributed by atoms with Gasteiger partial charge in [0.05, 0.1) is 17.3 Å². The van der Waals surface area contributed by atoms with Crippen molar-refractivity contribution < 1.29 is 17.9 Å². The molecule has 0 saturated carbocycles. The molecule has 0 aliphatic carbocycles. The van der Waals surface area contributed by atoms with Crippen molar-refractivity contribution in [3.05, 3.63) is 29.0 Å². The van der Waals surface area contributed by atoms with Crippen molar-refractivity contribution in [2.45, 2.75) is 25.3 Å². The number of anilines is 1. The molecule has 1 aromatic rings. The smallest absolute Gasteiger partial charge is 0.302 e. The maximum atomic E-state index is 13.8. The number of hydrogen-bond acceptors (Lipinski definition) is 3. The third-order valence-electron chi connectivity index (χ3n) is 3.28. The average Bonchev–Trinajstić information content (AvgIpc) is 2.43. The minimum Gasteiger partial charge on any atom is -0.395 e. The molecule has 1 saturated heterocycles. The number of halogens is 2. The standard InChI is InChI=1S/C12H16ClFN2O3S/c13-10-5-3-6-11(12(10)14)15-20(18,19)16-7-2-1-4-9(16)8-17/h3,5-6,9,15,17H,1-2,4,7-8H2. The Labute approximate surface area is 122 Å². The second-order valence-electron chi connectivity index (χ2n) is 4.65. The van der Waals surface area contributed by atoms with Crippen molar-refractivity contribution in [2.24, 2.45) is 0 Å². The van der Waals surface area contributed by atoms with Gasteiger partial charge in [-0.15, -0.1) is 0 Å². The number of aliphatic hydroxyl groups excluding tert-OH is 1. The molecular weight excluding hydrogens is 307 g/mol. The first kappa shape index (κ1) is 15.5. The number of nitrogens with one attached hydrogen (secondary N) is 1. The summed E-state index contributed by atoms with van der Waals surface area (Å²) in [6, 6.07) is 3.63. The van der Waals surface area contributed by atoms with E-state index in [4.69, 9.17) is 11.6 Å². The Bertz CT molecular complexity index is 582. The third-order valence-corrected chi connectivity index (χ3v) is 5.15. The van der Waals surface area contributed by atoms with Crippen LogP contribution >= 0.6 is 11.6 Å². The van der Waals surface area contributed by atoms with Gasteiger partial charge in [-0.05, 0) is 25.0 Å². The van der Waals surface area contributed by atoms with Gasteiger partial charge in [-0.3, -0.25) is 4.72 Å². The van der Waals surface area contributed by atoms with Gasteiger partial charge in [-0.1, -0.05) is 24.1 Å². The fourth-order valence-corrected chi connectivity index (χ4v) is 3.91. The summed E-state index contributed by atoms with van der Waals surface area (Å²) in [7, 11) is -3.91. The van der Waals surface area contributed by atoms with Gasteiger partial charge in [0.15, 0.2) is 5.82 Å². The highest BCUT2D eigenvalue weighted by molar-refractivity contribution is 7.90. The van der Waals surface area contributed by atoms with Crippen LogP contribution in [0, 0.1) is 5.82 Å². The molecular formula is C12H16ClFN2O3S. The maximum absolute atomic E-state index is 13.8. The van der Waals surface area contributed by atoms with E-state index in [1.54, 1.807) is 0 Å². The summed E-state index contributed by atoms with van der Waals surface area (Å²) in [4.78, 5) is 0. The fraction of sp³-hybridized carbons (Fsp3) is 0.500. The summed E-state index contributed by atoms with van der Waals surface area (Å²) in [6.45, 7) is 0.0572. The lowest BCUT2D eigenvalue weighted by Gasteiger charge is -2.33. The van der Waals surface area contributed by atoms with Gasteiger partial charge >= 0.3 is 10.2 Å². The SMILES string of the molecule is O=S(=O)(Nc1cccc(Cl)c1F)N1CCCCC1CO. The molecule has 1 heterocycles. The number of piperidine rings is 1. The van der Waals surface area contributed by atoms with Crippen LogP contribution in [0.15, 0.2) is 18.2 Å². The van der Waals surface area contributed by atoms with Crippen molar-refractivity contribution >= 4 is 27.5 Å². The number of benzene rings is 1. The third kappa shape index (κ3) is 3.22. The normalized spacial score (nSPS) is 20.9. The molecule has 0 bridgehead atoms. The van der Waals surface area contributed by atoms with Gasteiger partial charge in [0.25, 0.3) is 0 Å². The van der Waals surface area contributed by atoms with E-state index in [-0.39, 0.29) is 17.3 Å². The molecule has 2 N–H and O–H groups in total. The highest BCUT2D eigenvalue weighted by Crippen LogP contribution is 2.26. The van der Waals surface area contributed by atoms with Gasteiger partial charge in [0.2, 0.25) is 0 Å². The molecule has 20 heavy (non-hydrogen) atoms. The molecule has 1 aromatic carbocycles. The molecule has 5 nitrogen and oxygen atoms in total. The molecule has 8 heteroatoms. The molecule has 1 unspecified atom stereocenters. The zero-order valence-corrected chi connectivity index (χ0v) is 12.3. The largest absolute Gasteiger partial charge is 0.395 e. The first-order valence-electron chi connectivity index (χ1n) is 6.30. The Morgan fingerprint density at radius 2 is 2.20 bits per heavy atom. The van der Waals surface area contributed by atoms with Crippen LogP contribution in [0.25, 0.3) is 0 Å². The second kappa shape index (κ2) is 6.26. The number of rotatable bonds is 4. The highest BCUT2D eigenvalue weighted by atomic mass is 35.5. The minimum absolute atomic E-state index is 0.150. The lowest BCUT2D eigenvalue weighted by Crippen LogP contribution is -2.48. The lowest BCUT2D eigenvalue weighted by atomic mass is 10.1. The Balaban J connectivity index is 2.24. The Morgan fingerprint density at radius 1 is 1.45 bits per heavy atom. The van der Waals surface area contributed by atoms with E-state index in [1.807, 2.05) is 0 Å². The first-order valence-corrected chi connectivity index (χ1v) is 8.12. The molecule has 1 aliphatic heterocycles. The summed E-state index contributed by atoms with van der Waals surface area (Å²) >= 11 is 5.62. The summed E-state index contributed by atoms with van der Waals surface area (Å²) in [5.74, 6) is -0.810. The Kier molecular flexibility index (Phi) is 4.85. The number of nitrogens with zero attached hydrogens (tertiary/aromatic N) is 1. The first-order chi connectivity index (χ1) is 9.45. The Hall–Kier alpha value is -0.890. The van der Waals surface area contributed by atoms with Crippen LogP contribution in [0.2, 0.25) is 5.02 Å². The monoisotopic (exact) mass is 322 g/mol. The molecule has 1 atom stereocenters. The second-order valence-corrected chi connectivity index (χ2v) is 6.68. The fourth-order valence-electron chi connectivity index (χ4n) is 2.25. The molecule has 1 fully saturated rings.